The van der Waals surface area contributed by atoms with Crippen molar-refractivity contribution in [3.05, 3.63) is 60.7 Å². The first kappa shape index (κ1) is 18.1. The van der Waals surface area contributed by atoms with E-state index in [-0.39, 0.29) is 18.4 Å². The second kappa shape index (κ2) is 8.20. The lowest BCUT2D eigenvalue weighted by atomic mass is 9.98. The minimum Gasteiger partial charge on any atom is -0.334 e. The number of rotatable bonds is 5. The highest BCUT2D eigenvalue weighted by Gasteiger charge is 2.24. The van der Waals surface area contributed by atoms with E-state index in [4.69, 9.17) is 0 Å². The molecule has 1 atom stereocenters. The molecule has 4 rings (SSSR count). The van der Waals surface area contributed by atoms with E-state index in [2.05, 4.69) is 20.6 Å². The summed E-state index contributed by atoms with van der Waals surface area (Å²) in [4.78, 5) is 18.3. The fraction of sp³-hybridized carbons (Fsp3) is 0.368. The fourth-order valence-corrected chi connectivity index (χ4v) is 3.55. The summed E-state index contributed by atoms with van der Waals surface area (Å²) in [5, 5.41) is 10.7. The van der Waals surface area contributed by atoms with Crippen LogP contribution in [-0.2, 0) is 13.1 Å². The van der Waals surface area contributed by atoms with Gasteiger partial charge in [0, 0.05) is 44.8 Å². The smallest absolute Gasteiger partial charge is 0.317 e. The summed E-state index contributed by atoms with van der Waals surface area (Å²) in [5.74, 6) is 0.00345. The maximum Gasteiger partial charge on any atom is 0.317 e. The van der Waals surface area contributed by atoms with Gasteiger partial charge < -0.3 is 14.8 Å². The van der Waals surface area contributed by atoms with Crippen molar-refractivity contribution in [3.8, 4) is 5.69 Å². The van der Waals surface area contributed by atoms with Crippen molar-refractivity contribution >= 4 is 6.03 Å². The lowest BCUT2D eigenvalue weighted by Crippen LogP contribution is -2.46. The van der Waals surface area contributed by atoms with Gasteiger partial charge in [0.05, 0.1) is 18.2 Å². The molecule has 28 heavy (non-hydrogen) atoms. The van der Waals surface area contributed by atoms with Crippen LogP contribution < -0.4 is 5.32 Å². The molecule has 1 aliphatic rings. The van der Waals surface area contributed by atoms with E-state index in [1.54, 1.807) is 40.2 Å². The van der Waals surface area contributed by atoms with Crippen LogP contribution in [0.4, 0.5) is 9.18 Å². The van der Waals surface area contributed by atoms with Crippen molar-refractivity contribution < 1.29 is 9.18 Å². The van der Waals surface area contributed by atoms with Gasteiger partial charge >= 0.3 is 6.03 Å². The Hall–Kier alpha value is -3.23. The molecule has 0 spiro atoms. The number of nitrogens with zero attached hydrogens (tertiary/aromatic N) is 6. The Morgan fingerprint density at radius 3 is 2.96 bits per heavy atom. The Kier molecular flexibility index (Phi) is 5.31. The fourth-order valence-electron chi connectivity index (χ4n) is 3.55. The van der Waals surface area contributed by atoms with Gasteiger partial charge in [-0.25, -0.2) is 14.2 Å². The Morgan fingerprint density at radius 2 is 2.21 bits per heavy atom. The number of piperidine rings is 1. The number of hydrogen-bond donors (Lipinski definition) is 1. The molecule has 0 saturated carbocycles. The van der Waals surface area contributed by atoms with E-state index in [0.29, 0.717) is 23.7 Å². The third kappa shape index (κ3) is 4.19. The first-order chi connectivity index (χ1) is 13.7. The molecule has 0 aliphatic carbocycles. The number of halogens is 1. The van der Waals surface area contributed by atoms with Crippen molar-refractivity contribution in [3.63, 3.8) is 0 Å². The number of hydrogen-bond acceptors (Lipinski definition) is 4. The van der Waals surface area contributed by atoms with E-state index < -0.39 is 0 Å². The number of nitrogens with one attached hydrogen (secondary N) is 1. The SMILES string of the molecule is O=C(NCc1ccc(-n2ccnc2)c(F)c1)N1CCCC(Cn2ccnn2)C1. The van der Waals surface area contributed by atoms with Gasteiger partial charge in [0.15, 0.2) is 0 Å². The molecule has 1 N–H and O–H groups in total. The van der Waals surface area contributed by atoms with Crippen LogP contribution in [0.2, 0.25) is 0 Å². The molecular weight excluding hydrogens is 361 g/mol. The molecule has 3 aromatic rings. The molecule has 1 aliphatic heterocycles. The third-order valence-corrected chi connectivity index (χ3v) is 4.96. The van der Waals surface area contributed by atoms with Crippen molar-refractivity contribution in [1.82, 2.24) is 34.8 Å². The predicted molar refractivity (Wildman–Crippen MR) is 100 cm³/mol. The van der Waals surface area contributed by atoms with Crippen molar-refractivity contribution in [2.75, 3.05) is 13.1 Å². The van der Waals surface area contributed by atoms with Gasteiger partial charge in [-0.05, 0) is 36.5 Å². The zero-order chi connectivity index (χ0) is 19.3. The first-order valence-electron chi connectivity index (χ1n) is 9.32. The molecule has 1 aromatic carbocycles. The predicted octanol–water partition coefficient (Wildman–Crippen LogP) is 2.22. The van der Waals surface area contributed by atoms with Gasteiger partial charge in [-0.3, -0.25) is 4.68 Å². The van der Waals surface area contributed by atoms with Gasteiger partial charge in [0.2, 0.25) is 0 Å². The lowest BCUT2D eigenvalue weighted by Gasteiger charge is -2.32. The summed E-state index contributed by atoms with van der Waals surface area (Å²) in [7, 11) is 0. The Morgan fingerprint density at radius 1 is 1.29 bits per heavy atom. The lowest BCUT2D eigenvalue weighted by molar-refractivity contribution is 0.157. The molecule has 146 valence electrons. The average molecular weight is 383 g/mol. The highest BCUT2D eigenvalue weighted by molar-refractivity contribution is 5.74. The number of likely N-dealkylation sites (tertiary alicyclic amines) is 1. The Balaban J connectivity index is 1.32. The van der Waals surface area contributed by atoms with Crippen molar-refractivity contribution in [2.24, 2.45) is 5.92 Å². The van der Waals surface area contributed by atoms with Crippen LogP contribution in [0.3, 0.4) is 0 Å². The second-order valence-corrected chi connectivity index (χ2v) is 6.99. The number of amides is 2. The average Bonchev–Trinajstić information content (AvgIpc) is 3.41. The van der Waals surface area contributed by atoms with E-state index in [9.17, 15) is 9.18 Å². The summed E-state index contributed by atoms with van der Waals surface area (Å²) < 4.78 is 17.8. The summed E-state index contributed by atoms with van der Waals surface area (Å²) in [6.07, 6.45) is 10.3. The summed E-state index contributed by atoms with van der Waals surface area (Å²) in [5.41, 5.74) is 1.14. The molecule has 1 unspecified atom stereocenters. The largest absolute Gasteiger partial charge is 0.334 e. The summed E-state index contributed by atoms with van der Waals surface area (Å²) >= 11 is 0. The molecule has 0 radical (unpaired) electrons. The van der Waals surface area contributed by atoms with Crippen LogP contribution in [0.5, 0.6) is 0 Å². The number of benzene rings is 1. The van der Waals surface area contributed by atoms with Crippen LogP contribution in [0, 0.1) is 11.7 Å². The standard InChI is InChI=1S/C19H22FN7O/c20-17-10-15(3-4-18(17)26-8-5-21-14-26)11-22-19(28)25-7-1-2-16(12-25)13-27-9-6-23-24-27/h3-6,8-10,14,16H,1-2,7,11-13H2,(H,22,28). The van der Waals surface area contributed by atoms with Crippen LogP contribution in [0.1, 0.15) is 18.4 Å². The molecule has 2 aromatic heterocycles. The minimum absolute atomic E-state index is 0.123. The number of carbonyl (C=O) groups excluding carboxylic acids is 1. The van der Waals surface area contributed by atoms with Crippen LogP contribution >= 0.6 is 0 Å². The monoisotopic (exact) mass is 383 g/mol. The van der Waals surface area contributed by atoms with Crippen LogP contribution in [0.25, 0.3) is 5.69 Å². The quantitative estimate of drug-likeness (QED) is 0.733. The van der Waals surface area contributed by atoms with Gasteiger partial charge in [-0.1, -0.05) is 11.3 Å². The molecule has 2 amide bonds. The van der Waals surface area contributed by atoms with E-state index in [1.165, 1.54) is 6.07 Å². The number of imidazole rings is 1. The molecular formula is C19H22FN7O. The minimum atomic E-state index is -0.351. The van der Waals surface area contributed by atoms with Crippen molar-refractivity contribution in [1.29, 1.82) is 0 Å². The zero-order valence-corrected chi connectivity index (χ0v) is 15.4. The van der Waals surface area contributed by atoms with Gasteiger partial charge in [0.25, 0.3) is 0 Å². The molecule has 3 heterocycles. The number of aromatic nitrogens is 5. The van der Waals surface area contributed by atoms with E-state index in [1.807, 2.05) is 17.2 Å². The first-order valence-corrected chi connectivity index (χ1v) is 9.32. The molecule has 8 nitrogen and oxygen atoms in total. The van der Waals surface area contributed by atoms with Gasteiger partial charge in [-0.15, -0.1) is 5.10 Å². The Labute approximate surface area is 162 Å². The third-order valence-electron chi connectivity index (χ3n) is 4.96. The van der Waals surface area contributed by atoms with Crippen molar-refractivity contribution in [2.45, 2.75) is 25.9 Å². The highest BCUT2D eigenvalue weighted by atomic mass is 19.1. The second-order valence-electron chi connectivity index (χ2n) is 6.99. The normalized spacial score (nSPS) is 16.9. The van der Waals surface area contributed by atoms with Gasteiger partial charge in [-0.2, -0.15) is 0 Å². The Bertz CT molecular complexity index is 911. The maximum absolute atomic E-state index is 14.3. The van der Waals surface area contributed by atoms with Gasteiger partial charge in [0.1, 0.15) is 5.82 Å². The number of urea groups is 1. The molecule has 1 saturated heterocycles. The molecule has 9 heteroatoms. The van der Waals surface area contributed by atoms with E-state index in [0.717, 1.165) is 25.9 Å². The topological polar surface area (TPSA) is 80.9 Å². The van der Waals surface area contributed by atoms with E-state index >= 15 is 0 Å². The summed E-state index contributed by atoms with van der Waals surface area (Å²) in [6.45, 7) is 2.45. The summed E-state index contributed by atoms with van der Waals surface area (Å²) in [6, 6.07) is 4.82. The van der Waals surface area contributed by atoms with Crippen LogP contribution in [-0.4, -0.2) is 48.6 Å². The maximum atomic E-state index is 14.3. The molecule has 1 fully saturated rings. The number of carbonyl (C=O) groups is 1. The molecule has 0 bridgehead atoms. The van der Waals surface area contributed by atoms with Crippen LogP contribution in [0.15, 0.2) is 49.3 Å². The zero-order valence-electron chi connectivity index (χ0n) is 15.4. The highest BCUT2D eigenvalue weighted by Crippen LogP contribution is 2.19.